The SMILES string of the molecule is COC(=O)CN(Cc1cc(OC)cc(OC)c1)C(=O)c1ccc(CNC(N)=O)cc1. The van der Waals surface area contributed by atoms with Crippen LogP contribution in [0.2, 0.25) is 0 Å². The van der Waals surface area contributed by atoms with Crippen LogP contribution >= 0.6 is 0 Å². The molecule has 2 rings (SSSR count). The van der Waals surface area contributed by atoms with E-state index in [-0.39, 0.29) is 25.5 Å². The summed E-state index contributed by atoms with van der Waals surface area (Å²) < 4.78 is 15.3. The van der Waals surface area contributed by atoms with Crippen molar-refractivity contribution in [2.45, 2.75) is 13.1 Å². The molecular weight excluding hydrogens is 390 g/mol. The topological polar surface area (TPSA) is 120 Å². The summed E-state index contributed by atoms with van der Waals surface area (Å²) in [4.78, 5) is 37.1. The maximum Gasteiger partial charge on any atom is 0.325 e. The second-order valence-electron chi connectivity index (χ2n) is 6.37. The molecule has 9 heteroatoms. The molecule has 0 spiro atoms. The molecule has 0 aliphatic carbocycles. The van der Waals surface area contributed by atoms with E-state index in [0.29, 0.717) is 17.1 Å². The molecule has 0 bridgehead atoms. The molecule has 160 valence electrons. The normalized spacial score (nSPS) is 10.1. The van der Waals surface area contributed by atoms with E-state index >= 15 is 0 Å². The molecule has 0 aromatic heterocycles. The van der Waals surface area contributed by atoms with E-state index in [1.165, 1.54) is 26.2 Å². The molecule has 30 heavy (non-hydrogen) atoms. The Bertz CT molecular complexity index is 876. The fourth-order valence-electron chi connectivity index (χ4n) is 2.73. The fraction of sp³-hybridized carbons (Fsp3) is 0.286. The Balaban J connectivity index is 2.24. The van der Waals surface area contributed by atoms with Crippen LogP contribution in [-0.2, 0) is 22.6 Å². The first-order valence-electron chi connectivity index (χ1n) is 9.06. The van der Waals surface area contributed by atoms with E-state index in [9.17, 15) is 14.4 Å². The molecule has 3 N–H and O–H groups in total. The number of ether oxygens (including phenoxy) is 3. The lowest BCUT2D eigenvalue weighted by atomic mass is 10.1. The third-order valence-corrected chi connectivity index (χ3v) is 4.29. The molecule has 0 radical (unpaired) electrons. The van der Waals surface area contributed by atoms with Gasteiger partial charge in [0.2, 0.25) is 0 Å². The molecule has 3 amide bonds. The molecule has 0 unspecified atom stereocenters. The van der Waals surface area contributed by atoms with Gasteiger partial charge >= 0.3 is 12.0 Å². The van der Waals surface area contributed by atoms with Crippen LogP contribution in [0.4, 0.5) is 4.79 Å². The highest BCUT2D eigenvalue weighted by molar-refractivity contribution is 5.96. The predicted octanol–water partition coefficient (Wildman–Crippen LogP) is 1.69. The van der Waals surface area contributed by atoms with Gasteiger partial charge in [-0.05, 0) is 35.4 Å². The number of amides is 3. The molecule has 2 aromatic rings. The van der Waals surface area contributed by atoms with Crippen LogP contribution in [0, 0.1) is 0 Å². The number of carbonyl (C=O) groups excluding carboxylic acids is 3. The Labute approximate surface area is 174 Å². The van der Waals surface area contributed by atoms with Crippen LogP contribution in [0.25, 0.3) is 0 Å². The van der Waals surface area contributed by atoms with Crippen molar-refractivity contribution < 1.29 is 28.6 Å². The molecule has 0 heterocycles. The number of methoxy groups -OCH3 is 3. The van der Waals surface area contributed by atoms with Crippen LogP contribution in [0.15, 0.2) is 42.5 Å². The zero-order valence-corrected chi connectivity index (χ0v) is 17.1. The third-order valence-electron chi connectivity index (χ3n) is 4.29. The van der Waals surface area contributed by atoms with Crippen molar-refractivity contribution in [3.63, 3.8) is 0 Å². The highest BCUT2D eigenvalue weighted by Gasteiger charge is 2.20. The minimum atomic E-state index is -0.631. The number of benzene rings is 2. The Morgan fingerprint density at radius 1 is 0.933 bits per heavy atom. The molecule has 0 saturated carbocycles. The lowest BCUT2D eigenvalue weighted by molar-refractivity contribution is -0.141. The quantitative estimate of drug-likeness (QED) is 0.602. The van der Waals surface area contributed by atoms with Crippen molar-refractivity contribution in [1.82, 2.24) is 10.2 Å². The van der Waals surface area contributed by atoms with Crippen molar-refractivity contribution in [2.24, 2.45) is 5.73 Å². The molecular formula is C21H25N3O6. The van der Waals surface area contributed by atoms with Gasteiger partial charge in [-0.1, -0.05) is 12.1 Å². The predicted molar refractivity (Wildman–Crippen MR) is 109 cm³/mol. The van der Waals surface area contributed by atoms with Crippen molar-refractivity contribution in [3.8, 4) is 11.5 Å². The minimum Gasteiger partial charge on any atom is -0.497 e. The van der Waals surface area contributed by atoms with E-state index in [1.807, 2.05) is 0 Å². The smallest absolute Gasteiger partial charge is 0.325 e. The maximum atomic E-state index is 13.1. The van der Waals surface area contributed by atoms with Crippen molar-refractivity contribution in [1.29, 1.82) is 0 Å². The standard InChI is InChI=1S/C21H25N3O6/c1-28-17-8-15(9-18(10-17)29-2)12-24(13-19(25)30-3)20(26)16-6-4-14(5-7-16)11-23-21(22)27/h4-10H,11-13H2,1-3H3,(H3,22,23,27). The van der Waals surface area contributed by atoms with Crippen LogP contribution < -0.4 is 20.5 Å². The Morgan fingerprint density at radius 3 is 2.03 bits per heavy atom. The number of urea groups is 1. The van der Waals surface area contributed by atoms with Gasteiger partial charge < -0.3 is 30.2 Å². The van der Waals surface area contributed by atoms with Gasteiger partial charge in [0.15, 0.2) is 0 Å². The summed E-state index contributed by atoms with van der Waals surface area (Å²) in [7, 11) is 4.33. The van der Waals surface area contributed by atoms with E-state index in [1.54, 1.807) is 42.5 Å². The molecule has 0 atom stereocenters. The Kier molecular flexibility index (Phi) is 8.04. The number of nitrogens with zero attached hydrogens (tertiary/aromatic N) is 1. The van der Waals surface area contributed by atoms with Gasteiger partial charge in [0.25, 0.3) is 5.91 Å². The van der Waals surface area contributed by atoms with E-state index in [0.717, 1.165) is 11.1 Å². The molecule has 0 saturated heterocycles. The lowest BCUT2D eigenvalue weighted by Gasteiger charge is -2.22. The highest BCUT2D eigenvalue weighted by atomic mass is 16.5. The average Bonchev–Trinajstić information content (AvgIpc) is 2.76. The monoisotopic (exact) mass is 415 g/mol. The first-order chi connectivity index (χ1) is 14.4. The zero-order chi connectivity index (χ0) is 22.1. The summed E-state index contributed by atoms with van der Waals surface area (Å²) in [5.41, 5.74) is 6.95. The summed E-state index contributed by atoms with van der Waals surface area (Å²) in [6.07, 6.45) is 0. The number of rotatable bonds is 9. The molecule has 0 aliphatic rings. The fourth-order valence-corrected chi connectivity index (χ4v) is 2.73. The first-order valence-corrected chi connectivity index (χ1v) is 9.06. The largest absolute Gasteiger partial charge is 0.497 e. The van der Waals surface area contributed by atoms with Gasteiger partial charge in [-0.3, -0.25) is 9.59 Å². The van der Waals surface area contributed by atoms with Gasteiger partial charge in [0.1, 0.15) is 18.0 Å². The summed E-state index contributed by atoms with van der Waals surface area (Å²) in [5, 5.41) is 2.48. The number of esters is 1. The number of nitrogens with two attached hydrogens (primary N) is 1. The second-order valence-corrected chi connectivity index (χ2v) is 6.37. The number of hydrogen-bond acceptors (Lipinski definition) is 6. The van der Waals surface area contributed by atoms with Gasteiger partial charge in [0.05, 0.1) is 21.3 Å². The average molecular weight is 415 g/mol. The molecule has 0 fully saturated rings. The lowest BCUT2D eigenvalue weighted by Crippen LogP contribution is -2.35. The molecule has 9 nitrogen and oxygen atoms in total. The van der Waals surface area contributed by atoms with Crippen molar-refractivity contribution in [3.05, 3.63) is 59.2 Å². The Hall–Kier alpha value is -3.75. The third kappa shape index (κ3) is 6.40. The highest BCUT2D eigenvalue weighted by Crippen LogP contribution is 2.24. The van der Waals surface area contributed by atoms with Crippen LogP contribution in [-0.4, -0.2) is 50.7 Å². The number of hydrogen-bond donors (Lipinski definition) is 2. The van der Waals surface area contributed by atoms with Gasteiger partial charge in [0, 0.05) is 24.7 Å². The Morgan fingerprint density at radius 2 is 1.53 bits per heavy atom. The van der Waals surface area contributed by atoms with E-state index in [2.05, 4.69) is 5.32 Å². The van der Waals surface area contributed by atoms with Gasteiger partial charge in [-0.2, -0.15) is 0 Å². The van der Waals surface area contributed by atoms with Crippen molar-refractivity contribution >= 4 is 17.9 Å². The number of primary amides is 1. The van der Waals surface area contributed by atoms with E-state index < -0.39 is 12.0 Å². The van der Waals surface area contributed by atoms with Gasteiger partial charge in [-0.25, -0.2) is 4.79 Å². The summed E-state index contributed by atoms with van der Waals surface area (Å²) in [5.74, 6) is 0.249. The van der Waals surface area contributed by atoms with Crippen molar-refractivity contribution in [2.75, 3.05) is 27.9 Å². The summed E-state index contributed by atoms with van der Waals surface area (Å²) in [6, 6.07) is 11.3. The first kappa shape index (κ1) is 22.5. The summed E-state index contributed by atoms with van der Waals surface area (Å²) in [6.45, 7) is 0.172. The molecule has 0 aliphatic heterocycles. The van der Waals surface area contributed by atoms with Crippen LogP contribution in [0.1, 0.15) is 21.5 Å². The zero-order valence-electron chi connectivity index (χ0n) is 17.1. The molecule has 2 aromatic carbocycles. The summed E-state index contributed by atoms with van der Waals surface area (Å²) >= 11 is 0. The maximum absolute atomic E-state index is 13.1. The van der Waals surface area contributed by atoms with Gasteiger partial charge in [-0.15, -0.1) is 0 Å². The van der Waals surface area contributed by atoms with Crippen LogP contribution in [0.5, 0.6) is 11.5 Å². The van der Waals surface area contributed by atoms with Crippen LogP contribution in [0.3, 0.4) is 0 Å². The van der Waals surface area contributed by atoms with E-state index in [4.69, 9.17) is 19.9 Å². The second kappa shape index (κ2) is 10.7. The minimum absolute atomic E-state index is 0.145. The number of carbonyl (C=O) groups is 3. The number of nitrogens with one attached hydrogen (secondary N) is 1.